The standard InChI is InChI=1S/C29H29BrN2O5S/c1-18(2)21-8-4-20(5-9-21)17-32-26-13-10-22(30)14-24(26)25(15-27(33)34)28(32)29(35)31-16-19-6-11-23(12-7-19)38(3,36)37/h4-14,18H,15-17H2,1-3H3,(H,31,35)(H,33,34). The predicted octanol–water partition coefficient (Wildman–Crippen LogP) is 5.54. The van der Waals surface area contributed by atoms with Gasteiger partial charge in [0.05, 0.1) is 11.3 Å². The Bertz CT molecular complexity index is 1610. The lowest BCUT2D eigenvalue weighted by Gasteiger charge is -2.14. The van der Waals surface area contributed by atoms with Crippen LogP contribution < -0.4 is 5.32 Å². The number of halogens is 1. The molecule has 0 bridgehead atoms. The van der Waals surface area contributed by atoms with Crippen LogP contribution in [0.2, 0.25) is 0 Å². The number of hydrogen-bond donors (Lipinski definition) is 2. The first-order valence-corrected chi connectivity index (χ1v) is 14.8. The number of rotatable bonds is 9. The van der Waals surface area contributed by atoms with E-state index in [1.54, 1.807) is 12.1 Å². The molecular formula is C29H29BrN2O5S. The lowest BCUT2D eigenvalue weighted by atomic mass is 10.0. The molecule has 0 saturated heterocycles. The molecule has 9 heteroatoms. The van der Waals surface area contributed by atoms with Gasteiger partial charge < -0.3 is 15.0 Å². The molecule has 1 amide bonds. The van der Waals surface area contributed by atoms with Crippen LogP contribution in [-0.4, -0.2) is 36.2 Å². The summed E-state index contributed by atoms with van der Waals surface area (Å²) in [6.07, 6.45) is 0.833. The maximum absolute atomic E-state index is 13.6. The molecule has 0 unspecified atom stereocenters. The monoisotopic (exact) mass is 596 g/mol. The summed E-state index contributed by atoms with van der Waals surface area (Å²) in [6, 6.07) is 20.1. The minimum Gasteiger partial charge on any atom is -0.481 e. The summed E-state index contributed by atoms with van der Waals surface area (Å²) >= 11 is 3.47. The first kappa shape index (κ1) is 27.6. The lowest BCUT2D eigenvalue weighted by Crippen LogP contribution is -2.27. The van der Waals surface area contributed by atoms with Gasteiger partial charge in [-0.2, -0.15) is 0 Å². The van der Waals surface area contributed by atoms with E-state index < -0.39 is 21.7 Å². The van der Waals surface area contributed by atoms with E-state index in [2.05, 4.69) is 47.2 Å². The van der Waals surface area contributed by atoms with Gasteiger partial charge in [-0.25, -0.2) is 8.42 Å². The molecule has 0 aliphatic rings. The molecule has 0 aliphatic heterocycles. The van der Waals surface area contributed by atoms with Gasteiger partial charge in [0.2, 0.25) is 0 Å². The number of carboxylic acids is 1. The molecule has 0 saturated carbocycles. The highest BCUT2D eigenvalue weighted by Gasteiger charge is 2.25. The largest absolute Gasteiger partial charge is 0.481 e. The SMILES string of the molecule is CC(C)c1ccc(Cn2c(C(=O)NCc3ccc(S(C)(=O)=O)cc3)c(CC(=O)O)c3cc(Br)ccc32)cc1. The van der Waals surface area contributed by atoms with Gasteiger partial charge in [0, 0.05) is 40.3 Å². The van der Waals surface area contributed by atoms with Crippen LogP contribution in [0.5, 0.6) is 0 Å². The summed E-state index contributed by atoms with van der Waals surface area (Å²) in [5, 5.41) is 13.3. The Kier molecular flexibility index (Phi) is 8.08. The average Bonchev–Trinajstić information content (AvgIpc) is 3.14. The molecule has 0 aliphatic carbocycles. The number of aliphatic carboxylic acids is 1. The van der Waals surface area contributed by atoms with Crippen molar-refractivity contribution < 1.29 is 23.1 Å². The fourth-order valence-electron chi connectivity index (χ4n) is 4.46. The third-order valence-electron chi connectivity index (χ3n) is 6.47. The van der Waals surface area contributed by atoms with Crippen molar-refractivity contribution in [2.24, 2.45) is 0 Å². The Morgan fingerprint density at radius 3 is 2.18 bits per heavy atom. The van der Waals surface area contributed by atoms with Crippen molar-refractivity contribution in [3.05, 3.63) is 99.2 Å². The number of amides is 1. The molecule has 1 aromatic heterocycles. The number of nitrogens with one attached hydrogen (secondary N) is 1. The van der Waals surface area contributed by atoms with Crippen molar-refractivity contribution in [1.29, 1.82) is 0 Å². The van der Waals surface area contributed by atoms with Crippen LogP contribution in [0.15, 0.2) is 76.1 Å². The van der Waals surface area contributed by atoms with Gasteiger partial charge >= 0.3 is 5.97 Å². The average molecular weight is 598 g/mol. The van der Waals surface area contributed by atoms with E-state index in [0.29, 0.717) is 29.1 Å². The number of fused-ring (bicyclic) bond motifs is 1. The third-order valence-corrected chi connectivity index (χ3v) is 8.09. The zero-order chi connectivity index (χ0) is 27.6. The highest BCUT2D eigenvalue weighted by Crippen LogP contribution is 2.31. The van der Waals surface area contributed by atoms with E-state index in [0.717, 1.165) is 27.4 Å². The minimum atomic E-state index is -3.32. The Hall–Kier alpha value is -3.43. The molecular weight excluding hydrogens is 568 g/mol. The molecule has 2 N–H and O–H groups in total. The predicted molar refractivity (Wildman–Crippen MR) is 151 cm³/mol. The van der Waals surface area contributed by atoms with E-state index in [-0.39, 0.29) is 17.9 Å². The second-order valence-corrected chi connectivity index (χ2v) is 12.6. The first-order chi connectivity index (χ1) is 17.9. The Morgan fingerprint density at radius 2 is 1.61 bits per heavy atom. The number of benzene rings is 3. The second kappa shape index (κ2) is 11.1. The van der Waals surface area contributed by atoms with Crippen LogP contribution in [-0.2, 0) is 34.1 Å². The molecule has 7 nitrogen and oxygen atoms in total. The van der Waals surface area contributed by atoms with Crippen molar-refractivity contribution in [2.45, 2.75) is 44.2 Å². The second-order valence-electron chi connectivity index (χ2n) is 9.64. The molecule has 3 aromatic carbocycles. The molecule has 0 radical (unpaired) electrons. The van der Waals surface area contributed by atoms with Gasteiger partial charge in [-0.3, -0.25) is 9.59 Å². The lowest BCUT2D eigenvalue weighted by molar-refractivity contribution is -0.136. The summed E-state index contributed by atoms with van der Waals surface area (Å²) in [4.78, 5) is 25.7. The summed E-state index contributed by atoms with van der Waals surface area (Å²) in [6.45, 7) is 4.80. The number of carbonyl (C=O) groups is 2. The normalized spacial score (nSPS) is 11.7. The van der Waals surface area contributed by atoms with Gasteiger partial charge in [0.1, 0.15) is 5.69 Å². The summed E-state index contributed by atoms with van der Waals surface area (Å²) in [7, 11) is -3.32. The van der Waals surface area contributed by atoms with E-state index in [9.17, 15) is 23.1 Å². The number of carboxylic acid groups (broad SMARTS) is 1. The Morgan fingerprint density at radius 1 is 0.974 bits per heavy atom. The van der Waals surface area contributed by atoms with E-state index in [1.807, 2.05) is 34.9 Å². The Labute approximate surface area is 230 Å². The van der Waals surface area contributed by atoms with Gasteiger partial charge in [-0.05, 0) is 52.9 Å². The van der Waals surface area contributed by atoms with Gasteiger partial charge in [-0.1, -0.05) is 66.2 Å². The van der Waals surface area contributed by atoms with Crippen molar-refractivity contribution in [1.82, 2.24) is 9.88 Å². The Balaban J connectivity index is 1.74. The van der Waals surface area contributed by atoms with Crippen molar-refractivity contribution in [2.75, 3.05) is 6.26 Å². The van der Waals surface area contributed by atoms with E-state index >= 15 is 0 Å². The topological polar surface area (TPSA) is 105 Å². The quantitative estimate of drug-likeness (QED) is 0.264. The zero-order valence-electron chi connectivity index (χ0n) is 21.4. The van der Waals surface area contributed by atoms with Crippen LogP contribution >= 0.6 is 15.9 Å². The number of aromatic nitrogens is 1. The van der Waals surface area contributed by atoms with Crippen LogP contribution in [0.1, 0.15) is 52.5 Å². The van der Waals surface area contributed by atoms with E-state index in [4.69, 9.17) is 0 Å². The van der Waals surface area contributed by atoms with Gasteiger partial charge in [-0.15, -0.1) is 0 Å². The van der Waals surface area contributed by atoms with Crippen LogP contribution in [0.4, 0.5) is 0 Å². The first-order valence-electron chi connectivity index (χ1n) is 12.1. The van der Waals surface area contributed by atoms with Gasteiger partial charge in [0.25, 0.3) is 5.91 Å². The van der Waals surface area contributed by atoms with Crippen molar-refractivity contribution >= 4 is 48.5 Å². The van der Waals surface area contributed by atoms with Crippen molar-refractivity contribution in [3.63, 3.8) is 0 Å². The number of carbonyl (C=O) groups excluding carboxylic acids is 1. The molecule has 1 heterocycles. The maximum Gasteiger partial charge on any atom is 0.307 e. The molecule has 4 aromatic rings. The number of hydrogen-bond acceptors (Lipinski definition) is 4. The van der Waals surface area contributed by atoms with Crippen LogP contribution in [0.25, 0.3) is 10.9 Å². The highest BCUT2D eigenvalue weighted by molar-refractivity contribution is 9.10. The molecule has 0 spiro atoms. The summed E-state index contributed by atoms with van der Waals surface area (Å²) in [5.41, 5.74) is 4.42. The molecule has 0 fully saturated rings. The van der Waals surface area contributed by atoms with Crippen LogP contribution in [0.3, 0.4) is 0 Å². The number of nitrogens with zero attached hydrogens (tertiary/aromatic N) is 1. The van der Waals surface area contributed by atoms with Crippen molar-refractivity contribution in [3.8, 4) is 0 Å². The molecule has 0 atom stereocenters. The smallest absolute Gasteiger partial charge is 0.307 e. The fourth-order valence-corrected chi connectivity index (χ4v) is 5.45. The highest BCUT2D eigenvalue weighted by atomic mass is 79.9. The fraction of sp³-hybridized carbons (Fsp3) is 0.241. The third kappa shape index (κ3) is 6.16. The number of sulfone groups is 1. The molecule has 38 heavy (non-hydrogen) atoms. The zero-order valence-corrected chi connectivity index (χ0v) is 23.8. The van der Waals surface area contributed by atoms with E-state index in [1.165, 1.54) is 17.7 Å². The summed E-state index contributed by atoms with van der Waals surface area (Å²) < 4.78 is 26.1. The van der Waals surface area contributed by atoms with Gasteiger partial charge in [0.15, 0.2) is 9.84 Å². The molecule has 4 rings (SSSR count). The van der Waals surface area contributed by atoms with Crippen LogP contribution in [0, 0.1) is 0 Å². The maximum atomic E-state index is 13.6. The minimum absolute atomic E-state index is 0.156. The molecule has 198 valence electrons. The summed E-state index contributed by atoms with van der Waals surface area (Å²) in [5.74, 6) is -1.04.